The first-order valence-electron chi connectivity index (χ1n) is 6.14. The molecular weight excluding hydrogens is 228 g/mol. The van der Waals surface area contributed by atoms with Crippen molar-refractivity contribution in [3.05, 3.63) is 30.0 Å². The highest BCUT2D eigenvalue weighted by Gasteiger charge is 2.31. The number of carbonyl (C=O) groups excluding carboxylic acids is 1. The Balaban J connectivity index is 1.88. The molecule has 0 spiro atoms. The van der Waals surface area contributed by atoms with Crippen molar-refractivity contribution in [2.24, 2.45) is 0 Å². The molecule has 1 unspecified atom stereocenters. The summed E-state index contributed by atoms with van der Waals surface area (Å²) in [5, 5.41) is 14.2. The molecule has 1 aromatic heterocycles. The highest BCUT2D eigenvalue weighted by molar-refractivity contribution is 6.04. The molecule has 1 saturated heterocycles. The molecule has 5 nitrogen and oxygen atoms in total. The average Bonchev–Trinajstić information content (AvgIpc) is 2.95. The van der Waals surface area contributed by atoms with Gasteiger partial charge in [0.25, 0.3) is 5.91 Å². The summed E-state index contributed by atoms with van der Waals surface area (Å²) in [5.74, 6) is -0.112. The second-order valence-corrected chi connectivity index (χ2v) is 5.06. The molecule has 1 atom stereocenters. The lowest BCUT2D eigenvalue weighted by Gasteiger charge is -2.23. The fourth-order valence-corrected chi connectivity index (χ4v) is 2.39. The maximum Gasteiger partial charge on any atom is 0.272 e. The zero-order chi connectivity index (χ0) is 12.6. The van der Waals surface area contributed by atoms with Crippen molar-refractivity contribution in [2.75, 3.05) is 13.1 Å². The van der Waals surface area contributed by atoms with Crippen LogP contribution >= 0.6 is 0 Å². The molecule has 2 aromatic rings. The van der Waals surface area contributed by atoms with E-state index in [1.54, 1.807) is 0 Å². The van der Waals surface area contributed by atoms with Gasteiger partial charge in [-0.3, -0.25) is 9.89 Å². The Bertz CT molecular complexity index is 583. The number of nitrogens with zero attached hydrogens (tertiary/aromatic N) is 1. The van der Waals surface area contributed by atoms with Gasteiger partial charge in [-0.1, -0.05) is 18.2 Å². The second-order valence-electron chi connectivity index (χ2n) is 5.06. The molecule has 3 rings (SSSR count). The molecule has 0 saturated carbocycles. The lowest BCUT2D eigenvalue weighted by atomic mass is 10.0. The molecule has 1 aliphatic heterocycles. The van der Waals surface area contributed by atoms with Crippen LogP contribution < -0.4 is 10.6 Å². The first-order valence-corrected chi connectivity index (χ1v) is 6.14. The number of H-pyrrole nitrogens is 1. The zero-order valence-electron chi connectivity index (χ0n) is 10.3. The van der Waals surface area contributed by atoms with E-state index in [1.807, 2.05) is 24.3 Å². The molecule has 1 aliphatic rings. The van der Waals surface area contributed by atoms with Gasteiger partial charge in [0.15, 0.2) is 5.69 Å². The van der Waals surface area contributed by atoms with Gasteiger partial charge >= 0.3 is 0 Å². The van der Waals surface area contributed by atoms with Gasteiger partial charge in [0.05, 0.1) is 11.1 Å². The van der Waals surface area contributed by atoms with Gasteiger partial charge in [0.2, 0.25) is 0 Å². The summed E-state index contributed by atoms with van der Waals surface area (Å²) in [7, 11) is 0. The van der Waals surface area contributed by atoms with Crippen molar-refractivity contribution < 1.29 is 4.79 Å². The lowest BCUT2D eigenvalue weighted by Crippen LogP contribution is -2.47. The van der Waals surface area contributed by atoms with E-state index in [4.69, 9.17) is 0 Å². The minimum Gasteiger partial charge on any atom is -0.344 e. The highest BCUT2D eigenvalue weighted by atomic mass is 16.2. The molecule has 0 radical (unpaired) electrons. The van der Waals surface area contributed by atoms with Crippen molar-refractivity contribution in [1.82, 2.24) is 20.8 Å². The van der Waals surface area contributed by atoms with Crippen LogP contribution in [0.2, 0.25) is 0 Å². The first-order chi connectivity index (χ1) is 8.68. The summed E-state index contributed by atoms with van der Waals surface area (Å²) in [4.78, 5) is 12.3. The quantitative estimate of drug-likeness (QED) is 0.739. The molecule has 3 N–H and O–H groups in total. The van der Waals surface area contributed by atoms with E-state index in [9.17, 15) is 4.79 Å². The summed E-state index contributed by atoms with van der Waals surface area (Å²) in [5.41, 5.74) is 1.19. The van der Waals surface area contributed by atoms with Crippen LogP contribution in [0.1, 0.15) is 23.8 Å². The largest absolute Gasteiger partial charge is 0.344 e. The number of amides is 1. The molecule has 94 valence electrons. The second kappa shape index (κ2) is 4.10. The van der Waals surface area contributed by atoms with Gasteiger partial charge in [-0.2, -0.15) is 5.10 Å². The number of para-hydroxylation sites is 1. The van der Waals surface area contributed by atoms with E-state index >= 15 is 0 Å². The fourth-order valence-electron chi connectivity index (χ4n) is 2.39. The summed E-state index contributed by atoms with van der Waals surface area (Å²) < 4.78 is 0. The van der Waals surface area contributed by atoms with Crippen molar-refractivity contribution in [2.45, 2.75) is 18.9 Å². The fraction of sp³-hybridized carbons (Fsp3) is 0.385. The molecular formula is C13H16N4O. The Morgan fingerprint density at radius 2 is 2.28 bits per heavy atom. The normalized spacial score (nSPS) is 23.4. The van der Waals surface area contributed by atoms with Crippen LogP contribution in [0.3, 0.4) is 0 Å². The Morgan fingerprint density at radius 1 is 1.44 bits per heavy atom. The Kier molecular flexibility index (Phi) is 2.56. The summed E-state index contributed by atoms with van der Waals surface area (Å²) >= 11 is 0. The number of fused-ring (bicyclic) bond motifs is 1. The number of carbonyl (C=O) groups is 1. The summed E-state index contributed by atoms with van der Waals surface area (Å²) in [6, 6.07) is 7.65. The van der Waals surface area contributed by atoms with Crippen molar-refractivity contribution >= 4 is 16.8 Å². The van der Waals surface area contributed by atoms with Crippen LogP contribution in [-0.2, 0) is 0 Å². The van der Waals surface area contributed by atoms with E-state index in [0.29, 0.717) is 5.69 Å². The van der Waals surface area contributed by atoms with Gasteiger partial charge < -0.3 is 10.6 Å². The minimum atomic E-state index is -0.170. The number of aromatic nitrogens is 2. The average molecular weight is 244 g/mol. The summed E-state index contributed by atoms with van der Waals surface area (Å²) in [6.07, 6.45) is 0.946. The molecule has 1 aromatic carbocycles. The minimum absolute atomic E-state index is 0.112. The maximum absolute atomic E-state index is 12.3. The molecule has 5 heteroatoms. The monoisotopic (exact) mass is 244 g/mol. The SMILES string of the molecule is CC1(NC(=O)c2n[nH]c3ccccc23)CCNC1. The van der Waals surface area contributed by atoms with Crippen LogP contribution in [0, 0.1) is 0 Å². The van der Waals surface area contributed by atoms with Crippen LogP contribution in [0.25, 0.3) is 10.9 Å². The van der Waals surface area contributed by atoms with Gasteiger partial charge in [0.1, 0.15) is 0 Å². The number of hydrogen-bond acceptors (Lipinski definition) is 3. The van der Waals surface area contributed by atoms with Gasteiger partial charge in [-0.25, -0.2) is 0 Å². The van der Waals surface area contributed by atoms with Crippen LogP contribution in [0.4, 0.5) is 0 Å². The standard InChI is InChI=1S/C13H16N4O/c1-13(6-7-14-8-13)15-12(18)11-9-4-2-3-5-10(9)16-17-11/h2-5,14H,6-8H2,1H3,(H,15,18)(H,16,17). The number of aromatic amines is 1. The third-order valence-electron chi connectivity index (χ3n) is 3.47. The maximum atomic E-state index is 12.3. The van der Waals surface area contributed by atoms with Crippen molar-refractivity contribution in [1.29, 1.82) is 0 Å². The van der Waals surface area contributed by atoms with E-state index in [2.05, 4.69) is 27.8 Å². The van der Waals surface area contributed by atoms with E-state index in [-0.39, 0.29) is 11.4 Å². The van der Waals surface area contributed by atoms with E-state index in [0.717, 1.165) is 30.4 Å². The molecule has 2 heterocycles. The molecule has 0 aliphatic carbocycles. The lowest BCUT2D eigenvalue weighted by molar-refractivity contribution is 0.0909. The van der Waals surface area contributed by atoms with Gasteiger partial charge in [0, 0.05) is 11.9 Å². The van der Waals surface area contributed by atoms with E-state index in [1.165, 1.54) is 0 Å². The van der Waals surface area contributed by atoms with E-state index < -0.39 is 0 Å². The number of hydrogen-bond donors (Lipinski definition) is 3. The van der Waals surface area contributed by atoms with Crippen LogP contribution in [0.5, 0.6) is 0 Å². The number of rotatable bonds is 2. The molecule has 1 amide bonds. The predicted octanol–water partition coefficient (Wildman–Crippen LogP) is 1.04. The summed E-state index contributed by atoms with van der Waals surface area (Å²) in [6.45, 7) is 3.80. The number of nitrogens with one attached hydrogen (secondary N) is 3. The predicted molar refractivity (Wildman–Crippen MR) is 69.5 cm³/mol. The van der Waals surface area contributed by atoms with Crippen LogP contribution in [-0.4, -0.2) is 34.7 Å². The number of benzene rings is 1. The Hall–Kier alpha value is -1.88. The molecule has 18 heavy (non-hydrogen) atoms. The zero-order valence-corrected chi connectivity index (χ0v) is 10.3. The molecule has 0 bridgehead atoms. The van der Waals surface area contributed by atoms with Crippen LogP contribution in [0.15, 0.2) is 24.3 Å². The third kappa shape index (κ3) is 1.86. The third-order valence-corrected chi connectivity index (χ3v) is 3.47. The smallest absolute Gasteiger partial charge is 0.272 e. The van der Waals surface area contributed by atoms with Crippen molar-refractivity contribution in [3.63, 3.8) is 0 Å². The van der Waals surface area contributed by atoms with Crippen molar-refractivity contribution in [3.8, 4) is 0 Å². The highest BCUT2D eigenvalue weighted by Crippen LogP contribution is 2.18. The van der Waals surface area contributed by atoms with Gasteiger partial charge in [-0.15, -0.1) is 0 Å². The van der Waals surface area contributed by atoms with Gasteiger partial charge in [-0.05, 0) is 26.0 Å². The molecule has 1 fully saturated rings. The topological polar surface area (TPSA) is 69.8 Å². The first kappa shape index (κ1) is 11.2. The Morgan fingerprint density at radius 3 is 3.06 bits per heavy atom. The Labute approximate surface area is 105 Å².